The Bertz CT molecular complexity index is 900. The maximum Gasteiger partial charge on any atom is 0.351 e. The highest BCUT2D eigenvalue weighted by molar-refractivity contribution is 5.33. The summed E-state index contributed by atoms with van der Waals surface area (Å²) in [6.07, 6.45) is 3.60. The van der Waals surface area contributed by atoms with E-state index in [2.05, 4.69) is 0 Å². The Hall–Kier alpha value is -2.08. The summed E-state index contributed by atoms with van der Waals surface area (Å²) in [5.74, 6) is 1.12. The van der Waals surface area contributed by atoms with Gasteiger partial charge in [-0.15, -0.1) is 0 Å². The number of fused-ring (bicyclic) bond motifs is 3. The Morgan fingerprint density at radius 3 is 2.04 bits per heavy atom. The molecule has 6 nitrogen and oxygen atoms in total. The highest BCUT2D eigenvalue weighted by Crippen LogP contribution is 2.73. The van der Waals surface area contributed by atoms with Crippen LogP contribution in [0.5, 0.6) is 0 Å². The van der Waals surface area contributed by atoms with Crippen LogP contribution >= 0.6 is 0 Å². The molecule has 0 unspecified atom stereocenters. The van der Waals surface area contributed by atoms with E-state index in [9.17, 15) is 9.59 Å². The van der Waals surface area contributed by atoms with Crippen molar-refractivity contribution in [2.24, 2.45) is 11.8 Å². The first-order valence-electron chi connectivity index (χ1n) is 8.35. The van der Waals surface area contributed by atoms with Crippen LogP contribution in [0.15, 0.2) is 39.9 Å². The molecule has 0 spiro atoms. The van der Waals surface area contributed by atoms with Gasteiger partial charge in [0.15, 0.2) is 0 Å². The largest absolute Gasteiger partial charge is 0.358 e. The normalized spacial score (nSPS) is 39.0. The minimum Gasteiger partial charge on any atom is -0.358 e. The first kappa shape index (κ1) is 12.4. The molecule has 0 amide bonds. The summed E-state index contributed by atoms with van der Waals surface area (Å²) in [4.78, 5) is 25.7. The second kappa shape index (κ2) is 3.53. The quantitative estimate of drug-likeness (QED) is 0.730. The number of rotatable bonds is 1. The number of benzene rings is 1. The Kier molecular flexibility index (Phi) is 1.90. The molecule has 2 aromatic rings. The van der Waals surface area contributed by atoms with Gasteiger partial charge in [0.2, 0.25) is 0 Å². The number of hydrogen-bond acceptors (Lipinski definition) is 3. The average molecular weight is 311 g/mol. The van der Waals surface area contributed by atoms with Crippen molar-refractivity contribution in [1.82, 2.24) is 13.9 Å². The summed E-state index contributed by atoms with van der Waals surface area (Å²) < 4.78 is 10.8. The van der Waals surface area contributed by atoms with Crippen molar-refractivity contribution in [3.63, 3.8) is 0 Å². The van der Waals surface area contributed by atoms with Crippen LogP contribution in [0.2, 0.25) is 0 Å². The van der Waals surface area contributed by atoms with Crippen molar-refractivity contribution >= 4 is 0 Å². The second-order valence-corrected chi connectivity index (χ2v) is 7.44. The van der Waals surface area contributed by atoms with E-state index < -0.39 is 0 Å². The zero-order chi connectivity index (χ0) is 15.4. The smallest absolute Gasteiger partial charge is 0.351 e. The molecular formula is C17H17N3O3. The Labute approximate surface area is 131 Å². The second-order valence-electron chi connectivity index (χ2n) is 7.44. The molecule has 4 atom stereocenters. The van der Waals surface area contributed by atoms with Gasteiger partial charge in [0.25, 0.3) is 0 Å². The van der Waals surface area contributed by atoms with Crippen LogP contribution in [0.3, 0.4) is 0 Å². The molecule has 0 radical (unpaired) electrons. The van der Waals surface area contributed by atoms with Gasteiger partial charge in [-0.05, 0) is 43.2 Å². The maximum absolute atomic E-state index is 12.8. The molecule has 0 N–H and O–H groups in total. The van der Waals surface area contributed by atoms with Crippen LogP contribution in [-0.4, -0.2) is 25.1 Å². The van der Waals surface area contributed by atoms with Gasteiger partial charge < -0.3 is 4.74 Å². The van der Waals surface area contributed by atoms with Crippen LogP contribution < -0.4 is 11.4 Å². The fourth-order valence-corrected chi connectivity index (χ4v) is 5.64. The van der Waals surface area contributed by atoms with Gasteiger partial charge in [-0.1, -0.05) is 18.2 Å². The van der Waals surface area contributed by atoms with E-state index in [1.54, 1.807) is 21.5 Å². The van der Waals surface area contributed by atoms with E-state index in [0.717, 1.165) is 0 Å². The van der Waals surface area contributed by atoms with E-state index in [0.29, 0.717) is 30.6 Å². The van der Waals surface area contributed by atoms with E-state index >= 15 is 0 Å². The van der Waals surface area contributed by atoms with Crippen molar-refractivity contribution in [2.45, 2.75) is 43.6 Å². The Morgan fingerprint density at radius 2 is 1.48 bits per heavy atom. The predicted molar refractivity (Wildman–Crippen MR) is 81.7 cm³/mol. The monoisotopic (exact) mass is 311 g/mol. The molecule has 1 aromatic heterocycles. The van der Waals surface area contributed by atoms with Crippen molar-refractivity contribution < 1.29 is 4.74 Å². The third kappa shape index (κ3) is 1.17. The van der Waals surface area contributed by atoms with Crippen LogP contribution in [0.4, 0.5) is 0 Å². The van der Waals surface area contributed by atoms with Crippen molar-refractivity contribution in [2.75, 3.05) is 0 Å². The van der Waals surface area contributed by atoms with Gasteiger partial charge in [-0.3, -0.25) is 0 Å². The van der Waals surface area contributed by atoms with Crippen molar-refractivity contribution in [3.05, 3.63) is 51.3 Å². The summed E-state index contributed by atoms with van der Waals surface area (Å²) in [5, 5.41) is 0. The summed E-state index contributed by atoms with van der Waals surface area (Å²) in [6, 6.07) is 9.16. The molecule has 2 aliphatic heterocycles. The summed E-state index contributed by atoms with van der Waals surface area (Å²) >= 11 is 0. The Morgan fingerprint density at radius 1 is 0.913 bits per heavy atom. The number of para-hydroxylation sites is 1. The highest BCUT2D eigenvalue weighted by atomic mass is 16.6. The van der Waals surface area contributed by atoms with E-state index in [-0.39, 0.29) is 22.6 Å². The molecular weight excluding hydrogens is 294 g/mol. The van der Waals surface area contributed by atoms with Gasteiger partial charge in [0.1, 0.15) is 11.2 Å². The minimum atomic E-state index is -0.248. The van der Waals surface area contributed by atoms with Gasteiger partial charge in [0.05, 0.1) is 18.8 Å². The van der Waals surface area contributed by atoms with E-state index in [4.69, 9.17) is 4.74 Å². The van der Waals surface area contributed by atoms with E-state index in [1.807, 2.05) is 18.2 Å². The third-order valence-corrected chi connectivity index (χ3v) is 6.69. The van der Waals surface area contributed by atoms with Crippen molar-refractivity contribution in [3.8, 4) is 5.69 Å². The molecule has 6 rings (SSSR count). The molecule has 2 saturated carbocycles. The van der Waals surface area contributed by atoms with Crippen LogP contribution in [-0.2, 0) is 17.8 Å². The lowest BCUT2D eigenvalue weighted by molar-refractivity contribution is 0.161. The van der Waals surface area contributed by atoms with Crippen LogP contribution in [0.1, 0.15) is 19.3 Å². The number of ether oxygens (including phenoxy) is 1. The summed E-state index contributed by atoms with van der Waals surface area (Å²) in [5.41, 5.74) is -0.205. The molecule has 3 heterocycles. The fraction of sp³-hybridized carbons (Fsp3) is 0.529. The molecule has 3 fully saturated rings. The summed E-state index contributed by atoms with van der Waals surface area (Å²) in [7, 11) is 0. The molecule has 1 saturated heterocycles. The zero-order valence-electron chi connectivity index (χ0n) is 12.6. The SMILES string of the molecule is O=c1n(-c2ccccc2)c(=O)n2n1C[C@@]13O[C@]1(C2)[C@H]1CC[C@@H]3C1. The van der Waals surface area contributed by atoms with Crippen LogP contribution in [0.25, 0.3) is 5.69 Å². The van der Waals surface area contributed by atoms with Crippen LogP contribution in [0, 0.1) is 11.8 Å². The van der Waals surface area contributed by atoms with Crippen molar-refractivity contribution in [1.29, 1.82) is 0 Å². The molecule has 118 valence electrons. The molecule has 2 aliphatic carbocycles. The Balaban J connectivity index is 1.56. The predicted octanol–water partition coefficient (Wildman–Crippen LogP) is 0.752. The lowest BCUT2D eigenvalue weighted by atomic mass is 9.78. The molecule has 6 heteroatoms. The molecule has 23 heavy (non-hydrogen) atoms. The topological polar surface area (TPSA) is 61.5 Å². The standard InChI is InChI=1S/C17H17N3O3/c21-14-18-9-16-11-6-7-12(8-11)17(16,23-16)10-19(18)15(22)20(14)13-4-2-1-3-5-13/h1-5,11-12H,6-10H2/t11-,12+,16+,17-. The molecule has 2 bridgehead atoms. The lowest BCUT2D eigenvalue weighted by Crippen LogP contribution is -2.49. The van der Waals surface area contributed by atoms with Gasteiger partial charge in [-0.2, -0.15) is 0 Å². The third-order valence-electron chi connectivity index (χ3n) is 6.69. The fourth-order valence-electron chi connectivity index (χ4n) is 5.64. The minimum absolute atomic E-state index is 0.172. The van der Waals surface area contributed by atoms with Gasteiger partial charge in [0, 0.05) is 0 Å². The molecule has 4 aliphatic rings. The molecule has 1 aromatic carbocycles. The van der Waals surface area contributed by atoms with Gasteiger partial charge in [-0.25, -0.2) is 23.5 Å². The number of aromatic nitrogens is 3. The first-order chi connectivity index (χ1) is 11.2. The highest BCUT2D eigenvalue weighted by Gasteiger charge is 2.83. The lowest BCUT2D eigenvalue weighted by Gasteiger charge is -2.29. The number of hydrogen-bond donors (Lipinski definition) is 0. The number of epoxide rings is 1. The van der Waals surface area contributed by atoms with E-state index in [1.165, 1.54) is 23.8 Å². The first-order valence-corrected chi connectivity index (χ1v) is 8.35. The maximum atomic E-state index is 12.8. The number of nitrogens with zero attached hydrogens (tertiary/aromatic N) is 3. The zero-order valence-corrected chi connectivity index (χ0v) is 12.6. The summed E-state index contributed by atoms with van der Waals surface area (Å²) in [6.45, 7) is 1.06. The van der Waals surface area contributed by atoms with Gasteiger partial charge >= 0.3 is 11.4 Å². The average Bonchev–Trinajstić information content (AvgIpc) is 2.82.